The topological polar surface area (TPSA) is 15.8 Å². The fourth-order valence-corrected chi connectivity index (χ4v) is 7.98. The molecule has 0 radical (unpaired) electrons. The zero-order valence-corrected chi connectivity index (χ0v) is 20.0. The molecule has 4 aliphatic rings. The largest absolute Gasteiger partial charge is 0.354 e. The number of hydrogen-bond acceptors (Lipinski definition) is 0. The quantitative estimate of drug-likeness (QED) is 0.238. The Hall–Kier alpha value is -4.10. The van der Waals surface area contributed by atoms with E-state index in [1.54, 1.807) is 0 Å². The van der Waals surface area contributed by atoms with E-state index in [0.717, 1.165) is 12.8 Å². The van der Waals surface area contributed by atoms with E-state index < -0.39 is 0 Å². The summed E-state index contributed by atoms with van der Waals surface area (Å²) < 4.78 is 0. The van der Waals surface area contributed by atoms with Crippen molar-refractivity contribution >= 4 is 38.2 Å². The van der Waals surface area contributed by atoms with E-state index in [4.69, 9.17) is 0 Å². The molecular formula is C35H25N. The molecule has 0 bridgehead atoms. The van der Waals surface area contributed by atoms with Crippen LogP contribution in [0.1, 0.15) is 41.0 Å². The molecule has 0 saturated carbocycles. The van der Waals surface area contributed by atoms with E-state index in [9.17, 15) is 0 Å². The van der Waals surface area contributed by atoms with Crippen molar-refractivity contribution in [3.8, 4) is 0 Å². The summed E-state index contributed by atoms with van der Waals surface area (Å²) in [4.78, 5) is 3.86. The second-order valence-electron chi connectivity index (χ2n) is 10.8. The third-order valence-corrected chi connectivity index (χ3v) is 9.31. The highest BCUT2D eigenvalue weighted by atomic mass is 14.7. The first kappa shape index (κ1) is 19.1. The average Bonchev–Trinajstić information content (AvgIpc) is 3.56. The highest BCUT2D eigenvalue weighted by Gasteiger charge is 2.58. The molecule has 3 unspecified atom stereocenters. The van der Waals surface area contributed by atoms with Crippen LogP contribution >= 0.6 is 0 Å². The van der Waals surface area contributed by atoms with Gasteiger partial charge >= 0.3 is 0 Å². The fourth-order valence-electron chi connectivity index (χ4n) is 7.98. The lowest BCUT2D eigenvalue weighted by atomic mass is 9.64. The van der Waals surface area contributed by atoms with Crippen LogP contribution in [0.3, 0.4) is 0 Å². The second kappa shape index (κ2) is 6.56. The fraction of sp³-hybridized carbons (Fsp3) is 0.143. The molecule has 1 heteroatoms. The van der Waals surface area contributed by atoms with Crippen molar-refractivity contribution in [3.63, 3.8) is 0 Å². The van der Waals surface area contributed by atoms with Gasteiger partial charge < -0.3 is 4.98 Å². The van der Waals surface area contributed by atoms with Gasteiger partial charge in [-0.2, -0.15) is 0 Å². The summed E-state index contributed by atoms with van der Waals surface area (Å²) in [5.41, 5.74) is 11.3. The SMILES string of the molecule is C1=CC2c3cc4c(cc3C3(C5=CCCC=C5c5ccccc53)C2C=C1)[nH]c1c2ccccc2ccc41. The zero-order valence-electron chi connectivity index (χ0n) is 20.0. The number of aromatic nitrogens is 1. The first-order chi connectivity index (χ1) is 17.9. The lowest BCUT2D eigenvalue weighted by molar-refractivity contribution is 0.464. The summed E-state index contributed by atoms with van der Waals surface area (Å²) in [6, 6.07) is 27.5. The Kier molecular flexibility index (Phi) is 3.49. The lowest BCUT2D eigenvalue weighted by Crippen LogP contribution is -2.33. The number of fused-ring (bicyclic) bond motifs is 15. The van der Waals surface area contributed by atoms with Gasteiger partial charge in [0, 0.05) is 33.5 Å². The Labute approximate surface area is 210 Å². The van der Waals surface area contributed by atoms with Gasteiger partial charge in [0.25, 0.3) is 0 Å². The van der Waals surface area contributed by atoms with Gasteiger partial charge in [0.1, 0.15) is 0 Å². The van der Waals surface area contributed by atoms with Crippen LogP contribution < -0.4 is 0 Å². The van der Waals surface area contributed by atoms with Crippen LogP contribution in [0.2, 0.25) is 0 Å². The van der Waals surface area contributed by atoms with Gasteiger partial charge in [-0.1, -0.05) is 97.1 Å². The van der Waals surface area contributed by atoms with Crippen molar-refractivity contribution in [1.82, 2.24) is 4.98 Å². The lowest BCUT2D eigenvalue weighted by Gasteiger charge is -2.37. The molecule has 1 nitrogen and oxygen atoms in total. The Bertz CT molecular complexity index is 1910. The number of aromatic amines is 1. The minimum Gasteiger partial charge on any atom is -0.354 e. The predicted octanol–water partition coefficient (Wildman–Crippen LogP) is 8.72. The third kappa shape index (κ3) is 2.11. The van der Waals surface area contributed by atoms with Gasteiger partial charge in [0.2, 0.25) is 0 Å². The molecular weight excluding hydrogens is 434 g/mol. The number of rotatable bonds is 0. The highest BCUT2D eigenvalue weighted by Crippen LogP contribution is 2.67. The number of H-pyrrole nitrogens is 1. The predicted molar refractivity (Wildman–Crippen MR) is 150 cm³/mol. The summed E-state index contributed by atoms with van der Waals surface area (Å²) in [5.74, 6) is 0.780. The Balaban J connectivity index is 1.43. The van der Waals surface area contributed by atoms with Crippen LogP contribution in [-0.2, 0) is 5.41 Å². The van der Waals surface area contributed by atoms with Crippen LogP contribution in [0.15, 0.2) is 115 Å². The highest BCUT2D eigenvalue weighted by molar-refractivity contribution is 6.17. The van der Waals surface area contributed by atoms with Gasteiger partial charge in [-0.05, 0) is 63.8 Å². The standard InChI is InChI=1S/C35H25N/c1-2-10-22-21(9-1)17-18-26-28-19-27-25-13-5-8-16-31(25)35(32(27)20-33(28)36-34(22)26)29-14-6-3-11-23(29)24-12-4-7-15-30(24)35/h1-3,5-6,8-20,25,31,36H,4,7H2. The molecule has 36 heavy (non-hydrogen) atoms. The molecule has 1 N–H and O–H groups in total. The smallest absolute Gasteiger partial charge is 0.0544 e. The molecule has 0 saturated heterocycles. The molecule has 0 aliphatic heterocycles. The molecule has 5 aromatic rings. The number of allylic oxidation sites excluding steroid dienone is 8. The zero-order chi connectivity index (χ0) is 23.4. The van der Waals surface area contributed by atoms with Crippen molar-refractivity contribution in [1.29, 1.82) is 0 Å². The summed E-state index contributed by atoms with van der Waals surface area (Å²) >= 11 is 0. The molecule has 170 valence electrons. The molecule has 4 aliphatic carbocycles. The van der Waals surface area contributed by atoms with E-state index in [1.807, 2.05) is 0 Å². The van der Waals surface area contributed by atoms with Crippen molar-refractivity contribution < 1.29 is 0 Å². The first-order valence-corrected chi connectivity index (χ1v) is 13.2. The second-order valence-corrected chi connectivity index (χ2v) is 10.8. The Morgan fingerprint density at radius 3 is 2.58 bits per heavy atom. The molecule has 1 spiro atoms. The Morgan fingerprint density at radius 2 is 1.58 bits per heavy atom. The van der Waals surface area contributed by atoms with Crippen molar-refractivity contribution in [2.75, 3.05) is 0 Å². The number of hydrogen-bond donors (Lipinski definition) is 1. The van der Waals surface area contributed by atoms with Crippen LogP contribution in [0.4, 0.5) is 0 Å². The summed E-state index contributed by atoms with van der Waals surface area (Å²) in [7, 11) is 0. The van der Waals surface area contributed by atoms with Crippen molar-refractivity contribution in [2.24, 2.45) is 5.92 Å². The molecule has 3 atom stereocenters. The van der Waals surface area contributed by atoms with Crippen LogP contribution in [0.25, 0.3) is 38.2 Å². The minimum atomic E-state index is -0.127. The summed E-state index contributed by atoms with van der Waals surface area (Å²) in [5, 5.41) is 5.25. The monoisotopic (exact) mass is 459 g/mol. The van der Waals surface area contributed by atoms with Crippen LogP contribution in [0, 0.1) is 5.92 Å². The van der Waals surface area contributed by atoms with Gasteiger partial charge in [-0.15, -0.1) is 0 Å². The van der Waals surface area contributed by atoms with E-state index >= 15 is 0 Å². The maximum Gasteiger partial charge on any atom is 0.0544 e. The van der Waals surface area contributed by atoms with Crippen LogP contribution in [0.5, 0.6) is 0 Å². The first-order valence-electron chi connectivity index (χ1n) is 13.2. The molecule has 0 amide bonds. The van der Waals surface area contributed by atoms with E-state index in [0.29, 0.717) is 11.8 Å². The van der Waals surface area contributed by atoms with Gasteiger partial charge in [-0.25, -0.2) is 0 Å². The maximum absolute atomic E-state index is 3.86. The summed E-state index contributed by atoms with van der Waals surface area (Å²) in [6.45, 7) is 0. The van der Waals surface area contributed by atoms with Crippen molar-refractivity contribution in [3.05, 3.63) is 137 Å². The molecule has 9 rings (SSSR count). The third-order valence-electron chi connectivity index (χ3n) is 9.31. The average molecular weight is 460 g/mol. The Morgan fingerprint density at radius 1 is 0.722 bits per heavy atom. The van der Waals surface area contributed by atoms with E-state index in [2.05, 4.69) is 114 Å². The van der Waals surface area contributed by atoms with Crippen molar-refractivity contribution in [2.45, 2.75) is 24.2 Å². The summed E-state index contributed by atoms with van der Waals surface area (Å²) in [6.07, 6.45) is 16.8. The molecule has 1 heterocycles. The van der Waals surface area contributed by atoms with Gasteiger partial charge in [0.05, 0.1) is 10.9 Å². The molecule has 0 fully saturated rings. The maximum atomic E-state index is 3.86. The molecule has 1 aromatic heterocycles. The minimum absolute atomic E-state index is 0.127. The number of benzene rings is 4. The van der Waals surface area contributed by atoms with E-state index in [1.165, 1.54) is 66.0 Å². The van der Waals surface area contributed by atoms with Gasteiger partial charge in [0.15, 0.2) is 0 Å². The van der Waals surface area contributed by atoms with Crippen LogP contribution in [-0.4, -0.2) is 4.98 Å². The van der Waals surface area contributed by atoms with E-state index in [-0.39, 0.29) is 5.41 Å². The normalized spacial score (nSPS) is 25.2. The number of nitrogens with one attached hydrogen (secondary N) is 1. The molecule has 4 aromatic carbocycles. The van der Waals surface area contributed by atoms with Gasteiger partial charge in [-0.3, -0.25) is 0 Å².